The standard InChI is InChI=1S/C13H14ClN3O2S/c1-8-7-16-4-3-13(8)17-20(18,19)10-5-11(14)9(2)12(15)6-10/h3-7H,15H2,1-2H3,(H,16,17). The second-order valence-electron chi connectivity index (χ2n) is 4.42. The van der Waals surface area contributed by atoms with Gasteiger partial charge in [-0.15, -0.1) is 0 Å². The molecule has 0 unspecified atom stereocenters. The van der Waals surface area contributed by atoms with Crippen LogP contribution in [0.15, 0.2) is 35.5 Å². The van der Waals surface area contributed by atoms with Crippen LogP contribution in [-0.2, 0) is 10.0 Å². The Kier molecular flexibility index (Phi) is 3.87. The van der Waals surface area contributed by atoms with Gasteiger partial charge < -0.3 is 5.73 Å². The van der Waals surface area contributed by atoms with Gasteiger partial charge in [-0.1, -0.05) is 11.6 Å². The molecule has 2 aromatic rings. The highest BCUT2D eigenvalue weighted by atomic mass is 35.5. The molecular weight excluding hydrogens is 298 g/mol. The Morgan fingerprint density at radius 2 is 2.00 bits per heavy atom. The molecule has 0 saturated carbocycles. The summed E-state index contributed by atoms with van der Waals surface area (Å²) in [6.45, 7) is 3.50. The van der Waals surface area contributed by atoms with Crippen LogP contribution in [0.25, 0.3) is 0 Å². The van der Waals surface area contributed by atoms with Crippen LogP contribution in [0.3, 0.4) is 0 Å². The Labute approximate surface area is 122 Å². The first kappa shape index (κ1) is 14.6. The van der Waals surface area contributed by atoms with Crippen molar-refractivity contribution in [3.8, 4) is 0 Å². The molecule has 2 rings (SSSR count). The van der Waals surface area contributed by atoms with Crippen molar-refractivity contribution < 1.29 is 8.42 Å². The summed E-state index contributed by atoms with van der Waals surface area (Å²) in [5.74, 6) is 0. The Morgan fingerprint density at radius 1 is 1.30 bits per heavy atom. The van der Waals surface area contributed by atoms with Gasteiger partial charge in [-0.2, -0.15) is 0 Å². The Hall–Kier alpha value is -1.79. The number of nitrogens with two attached hydrogens (primary N) is 1. The number of pyridine rings is 1. The minimum absolute atomic E-state index is 0.0295. The molecule has 3 N–H and O–H groups in total. The van der Waals surface area contributed by atoms with Gasteiger partial charge >= 0.3 is 0 Å². The van der Waals surface area contributed by atoms with Crippen LogP contribution in [0.4, 0.5) is 11.4 Å². The van der Waals surface area contributed by atoms with Crippen LogP contribution < -0.4 is 10.5 Å². The third-order valence-electron chi connectivity index (χ3n) is 2.93. The zero-order valence-corrected chi connectivity index (χ0v) is 12.6. The van der Waals surface area contributed by atoms with Gasteiger partial charge in [0.05, 0.1) is 10.6 Å². The monoisotopic (exact) mass is 311 g/mol. The van der Waals surface area contributed by atoms with Crippen LogP contribution in [0.2, 0.25) is 5.02 Å². The molecule has 0 atom stereocenters. The SMILES string of the molecule is Cc1cnccc1NS(=O)(=O)c1cc(N)c(C)c(Cl)c1. The van der Waals surface area contributed by atoms with Crippen molar-refractivity contribution in [3.63, 3.8) is 0 Å². The maximum absolute atomic E-state index is 12.3. The smallest absolute Gasteiger partial charge is 0.262 e. The van der Waals surface area contributed by atoms with Crippen LogP contribution >= 0.6 is 11.6 Å². The van der Waals surface area contributed by atoms with Gasteiger partial charge in [-0.3, -0.25) is 9.71 Å². The molecule has 1 aromatic carbocycles. The van der Waals surface area contributed by atoms with Crippen LogP contribution in [0.1, 0.15) is 11.1 Å². The molecule has 106 valence electrons. The first-order chi connectivity index (χ1) is 9.31. The fourth-order valence-corrected chi connectivity index (χ4v) is 3.10. The normalized spacial score (nSPS) is 11.3. The number of halogens is 1. The van der Waals surface area contributed by atoms with Gasteiger partial charge in [0.1, 0.15) is 0 Å². The number of nitrogens with one attached hydrogen (secondary N) is 1. The fourth-order valence-electron chi connectivity index (χ4n) is 1.62. The van der Waals surface area contributed by atoms with E-state index in [1.54, 1.807) is 26.1 Å². The van der Waals surface area contributed by atoms with E-state index in [0.29, 0.717) is 22.0 Å². The van der Waals surface area contributed by atoms with Crippen molar-refractivity contribution in [1.29, 1.82) is 0 Å². The van der Waals surface area contributed by atoms with E-state index in [0.717, 1.165) is 5.56 Å². The maximum atomic E-state index is 12.3. The topological polar surface area (TPSA) is 85.1 Å². The second-order valence-corrected chi connectivity index (χ2v) is 6.51. The summed E-state index contributed by atoms with van der Waals surface area (Å²) in [5, 5.41) is 0.317. The number of aryl methyl sites for hydroxylation is 1. The van der Waals surface area contributed by atoms with Crippen molar-refractivity contribution in [1.82, 2.24) is 4.98 Å². The van der Waals surface area contributed by atoms with Gasteiger partial charge in [0.15, 0.2) is 0 Å². The molecule has 0 radical (unpaired) electrons. The van der Waals surface area contributed by atoms with Crippen molar-refractivity contribution in [3.05, 3.63) is 46.7 Å². The number of benzene rings is 1. The average molecular weight is 312 g/mol. The predicted molar refractivity (Wildman–Crippen MR) is 80.4 cm³/mol. The number of sulfonamides is 1. The predicted octanol–water partition coefficient (Wildman–Crippen LogP) is 2.73. The summed E-state index contributed by atoms with van der Waals surface area (Å²) < 4.78 is 27.1. The molecule has 0 aliphatic heterocycles. The van der Waals surface area contributed by atoms with Crippen molar-refractivity contribution in [2.45, 2.75) is 18.7 Å². The number of anilines is 2. The molecule has 0 amide bonds. The third kappa shape index (κ3) is 2.86. The van der Waals surface area contributed by atoms with E-state index < -0.39 is 10.0 Å². The van der Waals surface area contributed by atoms with E-state index in [4.69, 9.17) is 17.3 Å². The number of nitrogens with zero attached hydrogens (tertiary/aromatic N) is 1. The molecule has 0 fully saturated rings. The lowest BCUT2D eigenvalue weighted by atomic mass is 10.2. The lowest BCUT2D eigenvalue weighted by Gasteiger charge is -2.12. The highest BCUT2D eigenvalue weighted by molar-refractivity contribution is 7.92. The molecule has 1 aromatic heterocycles. The lowest BCUT2D eigenvalue weighted by Crippen LogP contribution is -2.14. The van der Waals surface area contributed by atoms with E-state index in [2.05, 4.69) is 9.71 Å². The molecular formula is C13H14ClN3O2S. The van der Waals surface area contributed by atoms with Gasteiger partial charge in [0.25, 0.3) is 10.0 Å². The molecule has 0 aliphatic rings. The highest BCUT2D eigenvalue weighted by Crippen LogP contribution is 2.27. The maximum Gasteiger partial charge on any atom is 0.262 e. The first-order valence-electron chi connectivity index (χ1n) is 5.80. The third-order valence-corrected chi connectivity index (χ3v) is 4.67. The summed E-state index contributed by atoms with van der Waals surface area (Å²) in [7, 11) is -3.74. The Morgan fingerprint density at radius 3 is 2.60 bits per heavy atom. The molecule has 7 heteroatoms. The van der Waals surface area contributed by atoms with E-state index in [9.17, 15) is 8.42 Å². The molecule has 0 spiro atoms. The lowest BCUT2D eigenvalue weighted by molar-refractivity contribution is 0.601. The minimum atomic E-state index is -3.74. The molecule has 5 nitrogen and oxygen atoms in total. The number of hydrogen-bond acceptors (Lipinski definition) is 4. The molecule has 0 aliphatic carbocycles. The molecule has 1 heterocycles. The number of aromatic nitrogens is 1. The first-order valence-corrected chi connectivity index (χ1v) is 7.66. The number of nitrogen functional groups attached to an aromatic ring is 1. The number of hydrogen-bond donors (Lipinski definition) is 2. The largest absolute Gasteiger partial charge is 0.398 e. The summed E-state index contributed by atoms with van der Waals surface area (Å²) >= 11 is 5.98. The zero-order valence-electron chi connectivity index (χ0n) is 11.0. The summed E-state index contributed by atoms with van der Waals surface area (Å²) in [6.07, 6.45) is 3.09. The number of rotatable bonds is 3. The zero-order chi connectivity index (χ0) is 14.9. The van der Waals surface area contributed by atoms with Crippen molar-refractivity contribution in [2.75, 3.05) is 10.5 Å². The van der Waals surface area contributed by atoms with Crippen molar-refractivity contribution in [2.24, 2.45) is 0 Å². The fraction of sp³-hybridized carbons (Fsp3) is 0.154. The van der Waals surface area contributed by atoms with E-state index in [-0.39, 0.29) is 4.90 Å². The molecule has 0 saturated heterocycles. The molecule has 0 bridgehead atoms. The average Bonchev–Trinajstić information content (AvgIpc) is 2.38. The van der Waals surface area contributed by atoms with E-state index in [1.807, 2.05) is 0 Å². The second kappa shape index (κ2) is 5.30. The quantitative estimate of drug-likeness (QED) is 0.853. The Balaban J connectivity index is 2.44. The van der Waals surface area contributed by atoms with Crippen molar-refractivity contribution >= 4 is 33.0 Å². The molecule has 20 heavy (non-hydrogen) atoms. The summed E-state index contributed by atoms with van der Waals surface area (Å²) in [5.41, 5.74) is 7.94. The van der Waals surface area contributed by atoms with Gasteiger partial charge in [0.2, 0.25) is 0 Å². The van der Waals surface area contributed by atoms with E-state index in [1.165, 1.54) is 18.3 Å². The van der Waals surface area contributed by atoms with Crippen LogP contribution in [0.5, 0.6) is 0 Å². The Bertz CT molecular complexity index is 737. The van der Waals surface area contributed by atoms with Crippen LogP contribution in [-0.4, -0.2) is 13.4 Å². The van der Waals surface area contributed by atoms with Gasteiger partial charge in [0, 0.05) is 23.1 Å². The van der Waals surface area contributed by atoms with Gasteiger partial charge in [-0.25, -0.2) is 8.42 Å². The summed E-state index contributed by atoms with van der Waals surface area (Å²) in [6, 6.07) is 4.36. The van der Waals surface area contributed by atoms with Gasteiger partial charge in [-0.05, 0) is 43.2 Å². The highest BCUT2D eigenvalue weighted by Gasteiger charge is 2.17. The summed E-state index contributed by atoms with van der Waals surface area (Å²) in [4.78, 5) is 3.94. The van der Waals surface area contributed by atoms with Crippen LogP contribution in [0, 0.1) is 13.8 Å². The minimum Gasteiger partial charge on any atom is -0.398 e. The van der Waals surface area contributed by atoms with E-state index >= 15 is 0 Å².